The molecule has 0 fully saturated rings. The number of hydrogen-bond donors (Lipinski definition) is 0. The average Bonchev–Trinajstić information content (AvgIpc) is 2.65. The number of benzene rings is 1. The fourth-order valence-corrected chi connectivity index (χ4v) is 2.22. The van der Waals surface area contributed by atoms with E-state index in [0.29, 0.717) is 5.69 Å². The summed E-state index contributed by atoms with van der Waals surface area (Å²) in [7, 11) is 1.75. The van der Waals surface area contributed by atoms with Crippen molar-refractivity contribution in [3.63, 3.8) is 0 Å². The molecule has 0 atom stereocenters. The normalized spacial score (nSPS) is 10.6. The highest BCUT2D eigenvalue weighted by Gasteiger charge is 2.21. The molecule has 0 saturated carbocycles. The maximum Gasteiger partial charge on any atom is 0.381 e. The molecule has 0 radical (unpaired) electrons. The van der Waals surface area contributed by atoms with Crippen molar-refractivity contribution in [2.75, 3.05) is 6.61 Å². The SMILES string of the molecule is CCOC(=O)C(=O)c1cc2cc(Br)ccc2n1C. The summed E-state index contributed by atoms with van der Waals surface area (Å²) >= 11 is 3.37. The van der Waals surface area contributed by atoms with Crippen molar-refractivity contribution in [1.29, 1.82) is 0 Å². The van der Waals surface area contributed by atoms with Crippen molar-refractivity contribution in [2.45, 2.75) is 6.92 Å². The van der Waals surface area contributed by atoms with Crippen LogP contribution in [0, 0.1) is 0 Å². The number of rotatable bonds is 3. The van der Waals surface area contributed by atoms with Crippen molar-refractivity contribution < 1.29 is 14.3 Å². The number of fused-ring (bicyclic) bond motifs is 1. The molecule has 0 amide bonds. The summed E-state index contributed by atoms with van der Waals surface area (Å²) in [5.41, 5.74) is 1.23. The summed E-state index contributed by atoms with van der Waals surface area (Å²) in [6, 6.07) is 7.37. The minimum Gasteiger partial charge on any atom is -0.460 e. The monoisotopic (exact) mass is 309 g/mol. The summed E-state index contributed by atoms with van der Waals surface area (Å²) in [5, 5.41) is 0.902. The van der Waals surface area contributed by atoms with Crippen LogP contribution in [0.25, 0.3) is 10.9 Å². The Balaban J connectivity index is 2.49. The Morgan fingerprint density at radius 2 is 2.06 bits per heavy atom. The van der Waals surface area contributed by atoms with Crippen LogP contribution in [0.2, 0.25) is 0 Å². The molecule has 1 aromatic carbocycles. The van der Waals surface area contributed by atoms with Crippen LogP contribution in [0.1, 0.15) is 17.4 Å². The van der Waals surface area contributed by atoms with E-state index >= 15 is 0 Å². The lowest BCUT2D eigenvalue weighted by atomic mass is 10.2. The number of aromatic nitrogens is 1. The predicted octanol–water partition coefficient (Wildman–Crippen LogP) is 2.69. The van der Waals surface area contributed by atoms with Gasteiger partial charge >= 0.3 is 5.97 Å². The van der Waals surface area contributed by atoms with E-state index in [1.165, 1.54) is 0 Å². The van der Waals surface area contributed by atoms with E-state index in [-0.39, 0.29) is 6.61 Å². The first kappa shape index (κ1) is 12.8. The van der Waals surface area contributed by atoms with Crippen molar-refractivity contribution in [3.05, 3.63) is 34.4 Å². The summed E-state index contributed by atoms with van der Waals surface area (Å²) in [6.07, 6.45) is 0. The van der Waals surface area contributed by atoms with Crippen molar-refractivity contribution >= 4 is 38.6 Å². The molecular formula is C13H12BrNO3. The Bertz CT molecular complexity index is 630. The van der Waals surface area contributed by atoms with Crippen LogP contribution < -0.4 is 0 Å². The van der Waals surface area contributed by atoms with Gasteiger partial charge in [-0.15, -0.1) is 0 Å². The topological polar surface area (TPSA) is 48.3 Å². The summed E-state index contributed by atoms with van der Waals surface area (Å²) in [6.45, 7) is 1.86. The first-order valence-corrected chi connectivity index (χ1v) is 6.30. The molecule has 0 aliphatic heterocycles. The van der Waals surface area contributed by atoms with E-state index in [2.05, 4.69) is 15.9 Å². The number of esters is 1. The van der Waals surface area contributed by atoms with Gasteiger partial charge in [0.25, 0.3) is 5.78 Å². The van der Waals surface area contributed by atoms with E-state index in [4.69, 9.17) is 4.74 Å². The van der Waals surface area contributed by atoms with Gasteiger partial charge in [-0.3, -0.25) is 4.79 Å². The molecule has 2 rings (SSSR count). The van der Waals surface area contributed by atoms with Crippen LogP contribution in [0.4, 0.5) is 0 Å². The van der Waals surface area contributed by atoms with Crippen molar-refractivity contribution in [1.82, 2.24) is 4.57 Å². The molecule has 1 aromatic heterocycles. The minimum absolute atomic E-state index is 0.195. The third kappa shape index (κ3) is 2.18. The summed E-state index contributed by atoms with van der Waals surface area (Å²) < 4.78 is 7.34. The first-order valence-electron chi connectivity index (χ1n) is 5.51. The first-order chi connectivity index (χ1) is 8.54. The quantitative estimate of drug-likeness (QED) is 0.497. The molecule has 5 heteroatoms. The van der Waals surface area contributed by atoms with Gasteiger partial charge in [-0.05, 0) is 31.2 Å². The van der Waals surface area contributed by atoms with Gasteiger partial charge < -0.3 is 9.30 Å². The molecule has 0 bridgehead atoms. The molecule has 0 aliphatic rings. The minimum atomic E-state index is -0.817. The molecule has 0 aliphatic carbocycles. The van der Waals surface area contributed by atoms with Gasteiger partial charge in [0.15, 0.2) is 0 Å². The molecule has 0 spiro atoms. The second-order valence-electron chi connectivity index (χ2n) is 3.84. The molecule has 4 nitrogen and oxygen atoms in total. The maximum atomic E-state index is 11.9. The summed E-state index contributed by atoms with van der Waals surface area (Å²) in [5.74, 6) is -1.44. The largest absolute Gasteiger partial charge is 0.460 e. The summed E-state index contributed by atoms with van der Waals surface area (Å²) in [4.78, 5) is 23.3. The Hall–Kier alpha value is -1.62. The smallest absolute Gasteiger partial charge is 0.381 e. The number of ether oxygens (including phenoxy) is 1. The second kappa shape index (κ2) is 4.94. The standard InChI is InChI=1S/C13H12BrNO3/c1-3-18-13(17)12(16)11-7-8-6-9(14)4-5-10(8)15(11)2/h4-7H,3H2,1-2H3. The lowest BCUT2D eigenvalue weighted by Gasteiger charge is -2.03. The van der Waals surface area contributed by atoms with Gasteiger partial charge in [-0.2, -0.15) is 0 Å². The molecule has 1 heterocycles. The van der Waals surface area contributed by atoms with E-state index in [9.17, 15) is 9.59 Å². The molecule has 94 valence electrons. The molecular weight excluding hydrogens is 298 g/mol. The van der Waals surface area contributed by atoms with Crippen LogP contribution >= 0.6 is 15.9 Å². The highest BCUT2D eigenvalue weighted by Crippen LogP contribution is 2.23. The number of Topliss-reactive ketones (excluding diaryl/α,β-unsaturated/α-hetero) is 1. The second-order valence-corrected chi connectivity index (χ2v) is 4.76. The van der Waals surface area contributed by atoms with Gasteiger partial charge in [-0.1, -0.05) is 15.9 Å². The third-order valence-corrected chi connectivity index (χ3v) is 3.19. The number of nitrogens with zero attached hydrogens (tertiary/aromatic N) is 1. The number of ketones is 1. The fraction of sp³-hybridized carbons (Fsp3) is 0.231. The van der Waals surface area contributed by atoms with E-state index < -0.39 is 11.8 Å². The van der Waals surface area contributed by atoms with Crippen molar-refractivity contribution in [3.8, 4) is 0 Å². The Morgan fingerprint density at radius 1 is 1.33 bits per heavy atom. The lowest BCUT2D eigenvalue weighted by Crippen LogP contribution is -2.19. The highest BCUT2D eigenvalue weighted by molar-refractivity contribution is 9.10. The number of hydrogen-bond acceptors (Lipinski definition) is 3. The van der Waals surface area contributed by atoms with Gasteiger partial charge in [0.05, 0.1) is 12.3 Å². The third-order valence-electron chi connectivity index (χ3n) is 2.70. The van der Waals surface area contributed by atoms with Crippen LogP contribution in [0.15, 0.2) is 28.7 Å². The van der Waals surface area contributed by atoms with E-state index in [1.54, 1.807) is 24.6 Å². The number of halogens is 1. The number of carbonyl (C=O) groups excluding carboxylic acids is 2. The van der Waals surface area contributed by atoms with Crippen LogP contribution in [0.5, 0.6) is 0 Å². The highest BCUT2D eigenvalue weighted by atomic mass is 79.9. The zero-order valence-corrected chi connectivity index (χ0v) is 11.7. The van der Waals surface area contributed by atoms with Gasteiger partial charge in [-0.25, -0.2) is 4.79 Å². The van der Waals surface area contributed by atoms with Crippen LogP contribution in [-0.4, -0.2) is 22.9 Å². The molecule has 2 aromatic rings. The van der Waals surface area contributed by atoms with E-state index in [0.717, 1.165) is 15.4 Å². The predicted molar refractivity (Wildman–Crippen MR) is 71.6 cm³/mol. The van der Waals surface area contributed by atoms with Crippen LogP contribution in [-0.2, 0) is 16.6 Å². The zero-order chi connectivity index (χ0) is 13.3. The fourth-order valence-electron chi connectivity index (χ4n) is 1.84. The van der Waals surface area contributed by atoms with E-state index in [1.807, 2.05) is 18.2 Å². The molecule has 18 heavy (non-hydrogen) atoms. The van der Waals surface area contributed by atoms with Gasteiger partial charge in [0.1, 0.15) is 0 Å². The average molecular weight is 310 g/mol. The molecule has 0 saturated heterocycles. The Kier molecular flexibility index (Phi) is 3.52. The molecule has 0 N–H and O–H groups in total. The van der Waals surface area contributed by atoms with Gasteiger partial charge in [0, 0.05) is 22.4 Å². The lowest BCUT2D eigenvalue weighted by molar-refractivity contribution is -0.137. The number of carbonyl (C=O) groups is 2. The Morgan fingerprint density at radius 3 is 2.72 bits per heavy atom. The molecule has 0 unspecified atom stereocenters. The van der Waals surface area contributed by atoms with Crippen molar-refractivity contribution in [2.24, 2.45) is 7.05 Å². The van der Waals surface area contributed by atoms with Gasteiger partial charge in [0.2, 0.25) is 0 Å². The Labute approximate surface area is 113 Å². The zero-order valence-electron chi connectivity index (χ0n) is 10.1. The number of aryl methyl sites for hydroxylation is 1. The van der Waals surface area contributed by atoms with Crippen LogP contribution in [0.3, 0.4) is 0 Å². The maximum absolute atomic E-state index is 11.9.